The minimum atomic E-state index is -0.470. The molecule has 0 bridgehead atoms. The van der Waals surface area contributed by atoms with Gasteiger partial charge in [0.15, 0.2) is 0 Å². The zero-order valence-corrected chi connectivity index (χ0v) is 37.9. The van der Waals surface area contributed by atoms with Crippen LogP contribution in [0.5, 0.6) is 0 Å². The molecule has 2 saturated heterocycles. The summed E-state index contributed by atoms with van der Waals surface area (Å²) in [4.78, 5) is 11.9. The number of aryl methyl sites for hydroxylation is 1. The molecule has 2 aliphatic heterocycles. The number of hydrogen-bond donors (Lipinski definition) is 1. The maximum absolute atomic E-state index is 11.9. The molecule has 1 aromatic carbocycles. The molecule has 0 saturated carbocycles. The van der Waals surface area contributed by atoms with E-state index in [1.54, 1.807) is 0 Å². The van der Waals surface area contributed by atoms with Crippen LogP contribution < -0.4 is 122 Å². The maximum atomic E-state index is 11.9. The Labute approximate surface area is 335 Å². The third-order valence-corrected chi connectivity index (χ3v) is 6.91. The maximum Gasteiger partial charge on any atom is 1.00 e. The van der Waals surface area contributed by atoms with Crippen LogP contribution in [0.4, 0.5) is 0 Å². The van der Waals surface area contributed by atoms with E-state index in [0.29, 0.717) is 12.3 Å². The van der Waals surface area contributed by atoms with Gasteiger partial charge in [0.05, 0.1) is 0 Å². The summed E-state index contributed by atoms with van der Waals surface area (Å²) in [6, 6.07) is 8.25. The Hall–Kier alpha value is 2.38. The van der Waals surface area contributed by atoms with Gasteiger partial charge in [-0.2, -0.15) is 0 Å². The standard InChI is InChI=1S/C11H20NO.C11H22N.C8H11N.C2H6.2Rb/c1-6-8-7-10(2,3)12-11(4,5)9(8)13;1-6-9-7-10(2,3)12-11(4,5)8-9;1-7-2-4-8(6-9)5-3-7;1-2;;/h8H,6-7H2,1-5H3;9H,6-8H2,1-5H3;2-5H,6,9H2,1H3;1-2H3;;/q2*-1;;;2*+1. The Morgan fingerprint density at radius 3 is 1.55 bits per heavy atom. The fourth-order valence-electron chi connectivity index (χ4n) is 5.79. The van der Waals surface area contributed by atoms with Crippen molar-refractivity contribution in [3.05, 3.63) is 46.0 Å². The molecule has 0 radical (unpaired) electrons. The summed E-state index contributed by atoms with van der Waals surface area (Å²) in [7, 11) is 0. The van der Waals surface area contributed by atoms with E-state index in [1.807, 2.05) is 27.7 Å². The van der Waals surface area contributed by atoms with Crippen molar-refractivity contribution in [3.63, 3.8) is 0 Å². The van der Waals surface area contributed by atoms with Gasteiger partial charge in [0.2, 0.25) is 0 Å². The molecule has 2 aliphatic rings. The van der Waals surface area contributed by atoms with Crippen LogP contribution >= 0.6 is 0 Å². The van der Waals surface area contributed by atoms with Crippen LogP contribution in [-0.4, -0.2) is 27.9 Å². The van der Waals surface area contributed by atoms with Crippen LogP contribution in [0, 0.1) is 18.8 Å². The van der Waals surface area contributed by atoms with Crippen molar-refractivity contribution in [2.75, 3.05) is 0 Å². The summed E-state index contributed by atoms with van der Waals surface area (Å²) in [6.45, 7) is 28.2. The smallest absolute Gasteiger partial charge is 0.652 e. The van der Waals surface area contributed by atoms with E-state index in [9.17, 15) is 4.79 Å². The number of nitrogens with two attached hydrogens (primary N) is 1. The number of ketones is 1. The van der Waals surface area contributed by atoms with Gasteiger partial charge in [-0.15, -0.1) is 16.6 Å². The number of nitrogens with zero attached hydrogens (tertiary/aromatic N) is 2. The van der Waals surface area contributed by atoms with E-state index in [2.05, 4.69) is 91.9 Å². The van der Waals surface area contributed by atoms with Crippen molar-refractivity contribution in [2.24, 2.45) is 17.6 Å². The SMILES string of the molecule is CC.CCC1CC(C)(C)[N-]C(C)(C)C1.CCC1CC(C)(C)[N-]C(C)(C)C1=O.Cc1ccc(CN)cc1.[Rb+].[Rb+]. The largest absolute Gasteiger partial charge is 1.00 e. The average Bonchev–Trinajstić information content (AvgIpc) is 2.76. The second-order valence-corrected chi connectivity index (χ2v) is 12.8. The van der Waals surface area contributed by atoms with Crippen molar-refractivity contribution < 1.29 is 121 Å². The van der Waals surface area contributed by atoms with E-state index < -0.39 is 5.54 Å². The minimum absolute atomic E-state index is 0. The quantitative estimate of drug-likeness (QED) is 0.537. The predicted octanol–water partition coefficient (Wildman–Crippen LogP) is 3.14. The average molecular weight is 673 g/mol. The van der Waals surface area contributed by atoms with Gasteiger partial charge in [-0.1, -0.05) is 144 Å². The molecule has 2 N–H and O–H groups in total. The first-order valence-electron chi connectivity index (χ1n) is 14.2. The Balaban J connectivity index is -0.000000462. The third-order valence-electron chi connectivity index (χ3n) is 6.91. The molecular weight excluding hydrogens is 613 g/mol. The molecule has 4 nitrogen and oxygen atoms in total. The van der Waals surface area contributed by atoms with Crippen molar-refractivity contribution >= 4 is 5.78 Å². The minimum Gasteiger partial charge on any atom is -0.652 e. The summed E-state index contributed by atoms with van der Waals surface area (Å²) in [5, 5.41) is 9.42. The van der Waals surface area contributed by atoms with Crippen molar-refractivity contribution in [2.45, 2.75) is 151 Å². The fraction of sp³-hybridized carbons (Fsp3) is 0.781. The van der Waals surface area contributed by atoms with E-state index >= 15 is 0 Å². The molecule has 1 aromatic rings. The number of carbonyl (C=O) groups excluding carboxylic acids is 1. The molecule has 2 heterocycles. The number of benzene rings is 1. The van der Waals surface area contributed by atoms with Crippen LogP contribution in [0.3, 0.4) is 0 Å². The molecule has 0 aromatic heterocycles. The molecule has 6 heteroatoms. The van der Waals surface area contributed by atoms with Crippen LogP contribution in [0.15, 0.2) is 24.3 Å². The Morgan fingerprint density at radius 2 is 1.18 bits per heavy atom. The normalized spacial score (nSPS) is 22.4. The predicted molar refractivity (Wildman–Crippen MR) is 160 cm³/mol. The number of carbonyl (C=O) groups is 1. The summed E-state index contributed by atoms with van der Waals surface area (Å²) in [5.41, 5.74) is 7.80. The third kappa shape index (κ3) is 17.5. The van der Waals surface area contributed by atoms with Crippen molar-refractivity contribution in [1.82, 2.24) is 0 Å². The molecule has 0 aliphatic carbocycles. The second-order valence-electron chi connectivity index (χ2n) is 12.8. The van der Waals surface area contributed by atoms with Gasteiger partial charge in [-0.05, 0) is 24.8 Å². The summed E-state index contributed by atoms with van der Waals surface area (Å²) < 4.78 is 0. The summed E-state index contributed by atoms with van der Waals surface area (Å²) in [6.07, 6.45) is 5.70. The van der Waals surface area contributed by atoms with Crippen LogP contribution in [0.1, 0.15) is 126 Å². The first-order valence-corrected chi connectivity index (χ1v) is 14.2. The molecule has 1 atom stereocenters. The van der Waals surface area contributed by atoms with Gasteiger partial charge in [0, 0.05) is 12.5 Å². The monoisotopic (exact) mass is 671 g/mol. The number of Topliss-reactive ketones (excluding diaryl/α,β-unsaturated/α-hetero) is 1. The second kappa shape index (κ2) is 20.4. The molecule has 1 unspecified atom stereocenters. The van der Waals surface area contributed by atoms with E-state index in [0.717, 1.165) is 18.8 Å². The molecular formula is C32H59N3ORb2. The van der Waals surface area contributed by atoms with Gasteiger partial charge in [-0.3, -0.25) is 0 Å². The van der Waals surface area contributed by atoms with Crippen molar-refractivity contribution in [1.29, 1.82) is 0 Å². The number of rotatable bonds is 3. The first kappa shape index (κ1) is 44.8. The summed E-state index contributed by atoms with van der Waals surface area (Å²) >= 11 is 0. The van der Waals surface area contributed by atoms with E-state index in [1.165, 1.54) is 30.4 Å². The van der Waals surface area contributed by atoms with Gasteiger partial charge >= 0.3 is 116 Å². The zero-order valence-electron chi connectivity index (χ0n) is 28.1. The van der Waals surface area contributed by atoms with E-state index in [4.69, 9.17) is 11.1 Å². The Kier molecular flexibility index (Phi) is 24.0. The van der Waals surface area contributed by atoms with Crippen molar-refractivity contribution in [3.8, 4) is 0 Å². The fourth-order valence-corrected chi connectivity index (χ4v) is 5.79. The molecule has 2 fully saturated rings. The van der Waals surface area contributed by atoms with Crippen LogP contribution in [0.25, 0.3) is 10.6 Å². The first-order chi connectivity index (χ1) is 16.5. The molecule has 38 heavy (non-hydrogen) atoms. The molecule has 210 valence electrons. The van der Waals surface area contributed by atoms with Gasteiger partial charge in [0.1, 0.15) is 5.78 Å². The van der Waals surface area contributed by atoms with Gasteiger partial charge in [0.25, 0.3) is 0 Å². The summed E-state index contributed by atoms with van der Waals surface area (Å²) in [5.74, 6) is 1.41. The molecule has 0 amide bonds. The van der Waals surface area contributed by atoms with Crippen LogP contribution in [-0.2, 0) is 11.3 Å². The van der Waals surface area contributed by atoms with Gasteiger partial charge < -0.3 is 21.2 Å². The molecule has 0 spiro atoms. The topological polar surface area (TPSA) is 71.3 Å². The number of hydrogen-bond acceptors (Lipinski definition) is 2. The molecule has 3 rings (SSSR count). The zero-order chi connectivity index (χ0) is 28.4. The Morgan fingerprint density at radius 1 is 0.763 bits per heavy atom. The Bertz CT molecular complexity index is 757. The van der Waals surface area contributed by atoms with Gasteiger partial charge in [-0.25, -0.2) is 0 Å². The van der Waals surface area contributed by atoms with Crippen LogP contribution in [0.2, 0.25) is 0 Å². The van der Waals surface area contributed by atoms with E-state index in [-0.39, 0.29) is 139 Å². The number of piperidine rings is 2.